The molecule has 1 aliphatic heterocycles. The number of methoxy groups -OCH3 is 2. The minimum absolute atomic E-state index is 0.0769. The van der Waals surface area contributed by atoms with Gasteiger partial charge in [-0.2, -0.15) is 0 Å². The van der Waals surface area contributed by atoms with Gasteiger partial charge in [-0.1, -0.05) is 78.2 Å². The van der Waals surface area contributed by atoms with E-state index in [0.29, 0.717) is 23.5 Å². The molecule has 2 aromatic carbocycles. The van der Waals surface area contributed by atoms with Gasteiger partial charge in [0.05, 0.1) is 26.9 Å². The molecule has 0 aliphatic carbocycles. The fourth-order valence-electron chi connectivity index (χ4n) is 6.93. The van der Waals surface area contributed by atoms with Crippen LogP contribution in [0.4, 0.5) is 0 Å². The molecular weight excluding hydrogens is 696 g/mol. The van der Waals surface area contributed by atoms with Gasteiger partial charge in [0, 0.05) is 17.7 Å². The molecule has 0 spiro atoms. The Labute approximate surface area is 318 Å². The lowest BCUT2D eigenvalue weighted by Crippen LogP contribution is -2.61. The van der Waals surface area contributed by atoms with Crippen molar-refractivity contribution in [1.29, 1.82) is 0 Å². The van der Waals surface area contributed by atoms with E-state index in [0.717, 1.165) is 42.7 Å². The van der Waals surface area contributed by atoms with Crippen molar-refractivity contribution >= 4 is 11.0 Å². The summed E-state index contributed by atoms with van der Waals surface area (Å²) in [5.41, 5.74) is 0.245. The molecule has 0 bridgehead atoms. The number of phenols is 1. The number of ether oxygens (including phenoxy) is 5. The Bertz CT molecular complexity index is 1730. The predicted molar refractivity (Wildman–Crippen MR) is 206 cm³/mol. The van der Waals surface area contributed by atoms with E-state index in [4.69, 9.17) is 28.1 Å². The van der Waals surface area contributed by atoms with Crippen molar-refractivity contribution in [3.8, 4) is 40.1 Å². The molecule has 12 heteroatoms. The summed E-state index contributed by atoms with van der Waals surface area (Å²) in [5.74, 6) is 0.682. The van der Waals surface area contributed by atoms with E-state index in [-0.39, 0.29) is 28.6 Å². The highest BCUT2D eigenvalue weighted by molar-refractivity contribution is 5.88. The molecule has 300 valence electrons. The van der Waals surface area contributed by atoms with Gasteiger partial charge >= 0.3 is 0 Å². The third-order valence-electron chi connectivity index (χ3n) is 10.3. The molecular formula is C42H60O12. The first kappa shape index (κ1) is 42.9. The van der Waals surface area contributed by atoms with E-state index in [1.807, 2.05) is 19.9 Å². The largest absolute Gasteiger partial charge is 0.507 e. The van der Waals surface area contributed by atoms with Crippen LogP contribution in [0, 0.1) is 11.8 Å². The fraction of sp³-hybridized carbons (Fsp3) is 0.595. The minimum atomic E-state index is -1.61. The van der Waals surface area contributed by atoms with Crippen LogP contribution in [0.5, 0.6) is 28.7 Å². The second-order valence-electron chi connectivity index (χ2n) is 14.9. The van der Waals surface area contributed by atoms with E-state index < -0.39 is 54.2 Å². The topological polar surface area (TPSA) is 178 Å². The van der Waals surface area contributed by atoms with Gasteiger partial charge in [0.15, 0.2) is 17.3 Å². The van der Waals surface area contributed by atoms with Gasteiger partial charge in [0.1, 0.15) is 46.9 Å². The Hall–Kier alpha value is -3.81. The molecule has 3 aromatic rings. The molecule has 1 aliphatic rings. The highest BCUT2D eigenvalue weighted by atomic mass is 16.7. The number of allylic oxidation sites excluding steroid dienone is 1. The van der Waals surface area contributed by atoms with Crippen molar-refractivity contribution in [2.45, 2.75) is 129 Å². The number of hydrogen-bond acceptors (Lipinski definition) is 12. The van der Waals surface area contributed by atoms with Crippen molar-refractivity contribution in [3.05, 3.63) is 52.2 Å². The highest BCUT2D eigenvalue weighted by Crippen LogP contribution is 2.39. The third-order valence-corrected chi connectivity index (χ3v) is 10.3. The molecule has 1 saturated heterocycles. The van der Waals surface area contributed by atoms with Crippen LogP contribution in [-0.2, 0) is 9.47 Å². The van der Waals surface area contributed by atoms with Gasteiger partial charge in [-0.05, 0) is 55.9 Å². The van der Waals surface area contributed by atoms with Crippen molar-refractivity contribution in [2.75, 3.05) is 20.8 Å². The standard InChI is InChI=1S/C42H60O12/c1-8-26(5)30(17-12-10-9-11-15-25(4)16-13-14-24(2)3)52-41-34(23-43)54-42(39(48)38(41)47)51-28-21-29(44)35-33(22-28)53-40(37(46)36(35)45)27-18-19-31(49-6)32(20-27)50-7/h8,18-22,24-25,30,34,38-39,41-44,46-48H,9-17,23H2,1-7H3/b26-8+/t25?,30?,34-,38-,39-,41-,42-/m1/s1. The van der Waals surface area contributed by atoms with Crippen molar-refractivity contribution in [2.24, 2.45) is 11.8 Å². The number of fused-ring (bicyclic) bond motifs is 1. The van der Waals surface area contributed by atoms with Crippen LogP contribution in [0.1, 0.15) is 92.4 Å². The zero-order chi connectivity index (χ0) is 39.5. The maximum Gasteiger partial charge on any atom is 0.238 e. The number of phenolic OH excluding ortho intramolecular Hbond substituents is 1. The van der Waals surface area contributed by atoms with E-state index >= 15 is 0 Å². The summed E-state index contributed by atoms with van der Waals surface area (Å²) in [6.07, 6.45) is 4.97. The van der Waals surface area contributed by atoms with Crippen molar-refractivity contribution in [3.63, 3.8) is 0 Å². The summed E-state index contributed by atoms with van der Waals surface area (Å²) in [4.78, 5) is 13.2. The fourth-order valence-corrected chi connectivity index (χ4v) is 6.93. The number of unbranched alkanes of at least 4 members (excludes halogenated alkanes) is 3. The number of aromatic hydroxyl groups is 2. The average Bonchev–Trinajstić information content (AvgIpc) is 3.15. The first-order chi connectivity index (χ1) is 25.8. The predicted octanol–water partition coefficient (Wildman–Crippen LogP) is 7.23. The lowest BCUT2D eigenvalue weighted by molar-refractivity contribution is -0.290. The van der Waals surface area contributed by atoms with Gasteiger partial charge in [0.2, 0.25) is 17.5 Å². The molecule has 2 heterocycles. The molecule has 0 radical (unpaired) electrons. The quantitative estimate of drug-likeness (QED) is 0.0578. The smallest absolute Gasteiger partial charge is 0.238 e. The summed E-state index contributed by atoms with van der Waals surface area (Å²) >= 11 is 0. The van der Waals surface area contributed by atoms with Gasteiger partial charge in [-0.15, -0.1) is 0 Å². The number of benzene rings is 2. The maximum absolute atomic E-state index is 13.2. The first-order valence-corrected chi connectivity index (χ1v) is 19.2. The minimum Gasteiger partial charge on any atom is -0.507 e. The van der Waals surface area contributed by atoms with Crippen LogP contribution in [0.2, 0.25) is 0 Å². The Morgan fingerprint density at radius 2 is 1.57 bits per heavy atom. The normalized spacial score (nSPS) is 21.7. The lowest BCUT2D eigenvalue weighted by Gasteiger charge is -2.43. The Kier molecular flexibility index (Phi) is 16.1. The van der Waals surface area contributed by atoms with Gasteiger partial charge in [0.25, 0.3) is 0 Å². The first-order valence-electron chi connectivity index (χ1n) is 19.2. The second kappa shape index (κ2) is 20.2. The number of hydrogen-bond donors (Lipinski definition) is 5. The van der Waals surface area contributed by atoms with Gasteiger partial charge in [-0.3, -0.25) is 4.79 Å². The van der Waals surface area contributed by atoms with Crippen LogP contribution in [0.25, 0.3) is 22.3 Å². The Balaban J connectivity index is 1.44. The molecule has 2 unspecified atom stereocenters. The van der Waals surface area contributed by atoms with Gasteiger partial charge < -0.3 is 53.6 Å². The summed E-state index contributed by atoms with van der Waals surface area (Å²) in [7, 11) is 2.91. The zero-order valence-corrected chi connectivity index (χ0v) is 32.7. The van der Waals surface area contributed by atoms with E-state index in [9.17, 15) is 30.3 Å². The molecule has 7 atom stereocenters. The molecule has 0 amide bonds. The van der Waals surface area contributed by atoms with E-state index in [1.54, 1.807) is 12.1 Å². The van der Waals surface area contributed by atoms with Gasteiger partial charge in [-0.25, -0.2) is 0 Å². The Morgan fingerprint density at radius 1 is 0.889 bits per heavy atom. The average molecular weight is 757 g/mol. The third kappa shape index (κ3) is 10.7. The summed E-state index contributed by atoms with van der Waals surface area (Å²) in [6.45, 7) is 10.2. The maximum atomic E-state index is 13.2. The Morgan fingerprint density at radius 3 is 2.22 bits per heavy atom. The summed E-state index contributed by atoms with van der Waals surface area (Å²) in [6, 6.07) is 7.05. The van der Waals surface area contributed by atoms with Crippen molar-refractivity contribution < 1.29 is 53.6 Å². The van der Waals surface area contributed by atoms with Crippen molar-refractivity contribution in [1.82, 2.24) is 0 Å². The van der Waals surface area contributed by atoms with Crippen LogP contribution in [-0.4, -0.2) is 83.2 Å². The molecule has 1 fully saturated rings. The lowest BCUT2D eigenvalue weighted by atomic mass is 9.94. The van der Waals surface area contributed by atoms with E-state index in [1.165, 1.54) is 58.5 Å². The molecule has 54 heavy (non-hydrogen) atoms. The molecule has 0 saturated carbocycles. The van der Waals surface area contributed by atoms with Crippen LogP contribution < -0.4 is 19.6 Å². The number of rotatable bonds is 20. The van der Waals surface area contributed by atoms with E-state index in [2.05, 4.69) is 20.8 Å². The molecule has 1 aromatic heterocycles. The highest BCUT2D eigenvalue weighted by Gasteiger charge is 2.47. The molecule has 12 nitrogen and oxygen atoms in total. The monoisotopic (exact) mass is 756 g/mol. The number of aliphatic hydroxyl groups is 3. The molecule has 5 N–H and O–H groups in total. The number of aliphatic hydroxyl groups excluding tert-OH is 3. The zero-order valence-electron chi connectivity index (χ0n) is 32.7. The second-order valence-corrected chi connectivity index (χ2v) is 14.9. The summed E-state index contributed by atoms with van der Waals surface area (Å²) in [5, 5.41) is 54.0. The molecule has 4 rings (SSSR count). The SMILES string of the molecule is C/C=C(\C)C(CCCCCCC(C)CCCC(C)C)O[C@H]1[C@H](O)[C@@H](O)[C@H](Oc2cc(O)c3c(=O)c(O)c(-c4ccc(OC)c(OC)c4)oc3c2)O[C@@H]1CO. The van der Waals surface area contributed by atoms with Crippen LogP contribution in [0.15, 0.2) is 51.2 Å². The summed E-state index contributed by atoms with van der Waals surface area (Å²) < 4.78 is 34.7. The van der Waals surface area contributed by atoms with Crippen LogP contribution in [0.3, 0.4) is 0 Å². The van der Waals surface area contributed by atoms with Crippen LogP contribution >= 0.6 is 0 Å².